The van der Waals surface area contributed by atoms with Gasteiger partial charge >= 0.3 is 0 Å². The molecule has 5 heteroatoms. The Kier molecular flexibility index (Phi) is 2.68. The van der Waals surface area contributed by atoms with Gasteiger partial charge in [-0.05, 0) is 12.1 Å². The summed E-state index contributed by atoms with van der Waals surface area (Å²) >= 11 is 7.93. The molecule has 1 aromatic heterocycles. The van der Waals surface area contributed by atoms with E-state index in [1.807, 2.05) is 6.07 Å². The van der Waals surface area contributed by atoms with Crippen molar-refractivity contribution < 1.29 is 5.11 Å². The Labute approximate surface area is 108 Å². The van der Waals surface area contributed by atoms with Gasteiger partial charge in [-0.15, -0.1) is 0 Å². The monoisotopic (exact) mass is 264 g/mol. The number of nitrogens with zero attached hydrogens (tertiary/aromatic N) is 2. The van der Waals surface area contributed by atoms with Crippen LogP contribution in [0.25, 0.3) is 11.4 Å². The van der Waals surface area contributed by atoms with Gasteiger partial charge in [0, 0.05) is 22.6 Å². The second-order valence-corrected chi connectivity index (χ2v) is 5.15. The number of aromatic nitrogens is 2. The maximum Gasteiger partial charge on any atom is 0.161 e. The van der Waals surface area contributed by atoms with Crippen LogP contribution in [0.5, 0.6) is 5.75 Å². The number of thioether (sulfide) groups is 1. The molecule has 0 aliphatic carbocycles. The molecule has 0 unspecified atom stereocenters. The fraction of sp³-hybridized carbons (Fsp3) is 0.167. The zero-order chi connectivity index (χ0) is 11.8. The van der Waals surface area contributed by atoms with Crippen LogP contribution in [0.15, 0.2) is 24.3 Å². The van der Waals surface area contributed by atoms with Crippen LogP contribution in [0.3, 0.4) is 0 Å². The smallest absolute Gasteiger partial charge is 0.161 e. The quantitative estimate of drug-likeness (QED) is 0.803. The molecule has 2 heterocycles. The lowest BCUT2D eigenvalue weighted by atomic mass is 10.2. The molecule has 1 aliphatic rings. The van der Waals surface area contributed by atoms with Gasteiger partial charge in [0.1, 0.15) is 10.9 Å². The molecule has 86 valence electrons. The molecular weight excluding hydrogens is 256 g/mol. The van der Waals surface area contributed by atoms with Crippen LogP contribution in [-0.4, -0.2) is 15.1 Å². The van der Waals surface area contributed by atoms with Crippen molar-refractivity contribution in [1.82, 2.24) is 9.97 Å². The molecule has 0 bridgehead atoms. The number of phenolic OH excluding ortho intramolecular Hbond substituents is 1. The fourth-order valence-electron chi connectivity index (χ4n) is 1.79. The van der Waals surface area contributed by atoms with Gasteiger partial charge in [0.25, 0.3) is 0 Å². The van der Waals surface area contributed by atoms with Crippen molar-refractivity contribution in [3.63, 3.8) is 0 Å². The minimum Gasteiger partial charge on any atom is -0.508 e. The minimum absolute atomic E-state index is 0.206. The standard InChI is InChI=1S/C12H9ClN2OS/c13-11-9-5-17-6-10(9)14-12(15-11)7-2-1-3-8(16)4-7/h1-4,16H,5-6H2. The first kappa shape index (κ1) is 10.9. The Bertz CT molecular complexity index is 589. The predicted octanol–water partition coefficient (Wildman–Crippen LogP) is 3.25. The van der Waals surface area contributed by atoms with E-state index in [-0.39, 0.29) is 5.75 Å². The Morgan fingerprint density at radius 2 is 2.12 bits per heavy atom. The van der Waals surface area contributed by atoms with E-state index in [2.05, 4.69) is 9.97 Å². The van der Waals surface area contributed by atoms with Gasteiger partial charge in [-0.25, -0.2) is 9.97 Å². The maximum atomic E-state index is 9.44. The SMILES string of the molecule is Oc1cccc(-c2nc(Cl)c3c(n2)CSC3)c1. The Morgan fingerprint density at radius 3 is 2.94 bits per heavy atom. The zero-order valence-electron chi connectivity index (χ0n) is 8.85. The molecule has 2 aromatic rings. The highest BCUT2D eigenvalue weighted by Crippen LogP contribution is 2.34. The normalized spacial score (nSPS) is 13.7. The largest absolute Gasteiger partial charge is 0.508 e. The van der Waals surface area contributed by atoms with Gasteiger partial charge in [0.15, 0.2) is 5.82 Å². The van der Waals surface area contributed by atoms with Crippen molar-refractivity contribution >= 4 is 23.4 Å². The highest BCUT2D eigenvalue weighted by Gasteiger charge is 2.19. The molecule has 3 nitrogen and oxygen atoms in total. The summed E-state index contributed by atoms with van der Waals surface area (Å²) in [6.45, 7) is 0. The molecule has 0 saturated heterocycles. The van der Waals surface area contributed by atoms with Gasteiger partial charge in [0.2, 0.25) is 0 Å². The van der Waals surface area contributed by atoms with Gasteiger partial charge in [-0.3, -0.25) is 0 Å². The van der Waals surface area contributed by atoms with E-state index in [1.54, 1.807) is 30.0 Å². The summed E-state index contributed by atoms with van der Waals surface area (Å²) in [5.74, 6) is 2.54. The van der Waals surface area contributed by atoms with Crippen LogP contribution < -0.4 is 0 Å². The average molecular weight is 265 g/mol. The Morgan fingerprint density at radius 1 is 1.24 bits per heavy atom. The van der Waals surface area contributed by atoms with Crippen molar-refractivity contribution in [1.29, 1.82) is 0 Å². The first-order valence-corrected chi connectivity index (χ1v) is 6.70. The Hall–Kier alpha value is -1.26. The third kappa shape index (κ3) is 1.98. The molecule has 0 amide bonds. The molecule has 1 N–H and O–H groups in total. The Balaban J connectivity index is 2.13. The summed E-state index contributed by atoms with van der Waals surface area (Å²) in [6.07, 6.45) is 0. The molecule has 0 saturated carbocycles. The van der Waals surface area contributed by atoms with Gasteiger partial charge in [-0.2, -0.15) is 11.8 Å². The molecule has 0 fully saturated rings. The van der Waals surface area contributed by atoms with E-state index < -0.39 is 0 Å². The number of aromatic hydroxyl groups is 1. The molecule has 1 aromatic carbocycles. The minimum atomic E-state index is 0.206. The topological polar surface area (TPSA) is 46.0 Å². The average Bonchev–Trinajstić information content (AvgIpc) is 2.77. The van der Waals surface area contributed by atoms with Crippen molar-refractivity contribution in [2.24, 2.45) is 0 Å². The third-order valence-corrected chi connectivity index (χ3v) is 3.91. The summed E-state index contributed by atoms with van der Waals surface area (Å²) < 4.78 is 0. The molecule has 0 spiro atoms. The van der Waals surface area contributed by atoms with E-state index in [9.17, 15) is 5.11 Å². The van der Waals surface area contributed by atoms with Gasteiger partial charge in [0.05, 0.1) is 5.69 Å². The first-order chi connectivity index (χ1) is 8.24. The van der Waals surface area contributed by atoms with E-state index in [1.165, 1.54) is 0 Å². The number of hydrogen-bond donors (Lipinski definition) is 1. The second-order valence-electron chi connectivity index (χ2n) is 3.81. The number of benzene rings is 1. The second kappa shape index (κ2) is 4.20. The predicted molar refractivity (Wildman–Crippen MR) is 69.1 cm³/mol. The number of hydrogen-bond acceptors (Lipinski definition) is 4. The number of fused-ring (bicyclic) bond motifs is 1. The van der Waals surface area contributed by atoms with Crippen LogP contribution in [0.1, 0.15) is 11.3 Å². The van der Waals surface area contributed by atoms with Crippen LogP contribution in [0.2, 0.25) is 5.15 Å². The third-order valence-electron chi connectivity index (χ3n) is 2.63. The molecule has 17 heavy (non-hydrogen) atoms. The lowest BCUT2D eigenvalue weighted by molar-refractivity contribution is 0.475. The highest BCUT2D eigenvalue weighted by atomic mass is 35.5. The van der Waals surface area contributed by atoms with Crippen molar-refractivity contribution in [2.75, 3.05) is 0 Å². The maximum absolute atomic E-state index is 9.44. The van der Waals surface area contributed by atoms with Crippen LogP contribution in [0, 0.1) is 0 Å². The zero-order valence-corrected chi connectivity index (χ0v) is 10.4. The lowest BCUT2D eigenvalue weighted by Crippen LogP contribution is -1.97. The summed E-state index contributed by atoms with van der Waals surface area (Å²) in [4.78, 5) is 8.78. The summed E-state index contributed by atoms with van der Waals surface area (Å²) in [5, 5.41) is 9.97. The molecule has 0 atom stereocenters. The number of phenols is 1. The van der Waals surface area contributed by atoms with Crippen molar-refractivity contribution in [3.8, 4) is 17.1 Å². The lowest BCUT2D eigenvalue weighted by Gasteiger charge is -2.05. The van der Waals surface area contributed by atoms with Crippen molar-refractivity contribution in [2.45, 2.75) is 11.5 Å². The van der Waals surface area contributed by atoms with Gasteiger partial charge < -0.3 is 5.11 Å². The molecular formula is C12H9ClN2OS. The van der Waals surface area contributed by atoms with Gasteiger partial charge in [-0.1, -0.05) is 23.7 Å². The summed E-state index contributed by atoms with van der Waals surface area (Å²) in [6, 6.07) is 6.89. The van der Waals surface area contributed by atoms with Crippen molar-refractivity contribution in [3.05, 3.63) is 40.7 Å². The fourth-order valence-corrected chi connectivity index (χ4v) is 3.16. The van der Waals surface area contributed by atoms with E-state index in [4.69, 9.17) is 11.6 Å². The first-order valence-electron chi connectivity index (χ1n) is 5.16. The summed E-state index contributed by atoms with van der Waals surface area (Å²) in [5.41, 5.74) is 2.83. The van der Waals surface area contributed by atoms with Crippen LogP contribution in [-0.2, 0) is 11.5 Å². The number of halogens is 1. The summed E-state index contributed by atoms with van der Waals surface area (Å²) in [7, 11) is 0. The van der Waals surface area contributed by atoms with Crippen LogP contribution in [0.4, 0.5) is 0 Å². The van der Waals surface area contributed by atoms with E-state index in [0.29, 0.717) is 11.0 Å². The molecule has 3 rings (SSSR count). The molecule has 1 aliphatic heterocycles. The highest BCUT2D eigenvalue weighted by molar-refractivity contribution is 7.98. The van der Waals surface area contributed by atoms with Crippen LogP contribution >= 0.6 is 23.4 Å². The van der Waals surface area contributed by atoms with E-state index >= 15 is 0 Å². The number of rotatable bonds is 1. The molecule has 0 radical (unpaired) electrons. The van der Waals surface area contributed by atoms with E-state index in [0.717, 1.165) is 28.3 Å².